The fourth-order valence-corrected chi connectivity index (χ4v) is 4.68. The van der Waals surface area contributed by atoms with Crippen molar-refractivity contribution in [3.8, 4) is 5.88 Å². The van der Waals surface area contributed by atoms with Gasteiger partial charge in [-0.1, -0.05) is 0 Å². The average molecular weight is 558 g/mol. The standard InChI is InChI=1S/C27H39N7O6/c1-17-12-28-21-19(34(25(37)40-27(5,6)7)20-15-30(8)29-22(20)38-9)16-32(23(35)33(17)21)14-18-10-11-31(13-18)24(36)39-26(2,3)4/h12,15-16,18H,10-11,13-14H2,1-9H3. The SMILES string of the molecule is COc1nn(C)cc1N(C(=O)OC(C)(C)C)c1cn(CC2CCN(C(=O)OC(C)(C)C)C2)c(=O)n2c(C)cnc12. The summed E-state index contributed by atoms with van der Waals surface area (Å²) in [7, 11) is 3.18. The third-order valence-corrected chi connectivity index (χ3v) is 6.30. The van der Waals surface area contributed by atoms with E-state index >= 15 is 0 Å². The van der Waals surface area contributed by atoms with Crippen LogP contribution in [0.1, 0.15) is 53.7 Å². The van der Waals surface area contributed by atoms with E-state index < -0.39 is 17.3 Å². The molecule has 1 saturated heterocycles. The fourth-order valence-electron chi connectivity index (χ4n) is 4.68. The zero-order valence-electron chi connectivity index (χ0n) is 24.7. The maximum atomic E-state index is 13.7. The van der Waals surface area contributed by atoms with Crippen LogP contribution in [0, 0.1) is 12.8 Å². The summed E-state index contributed by atoms with van der Waals surface area (Å²) in [4.78, 5) is 47.4. The summed E-state index contributed by atoms with van der Waals surface area (Å²) in [6.45, 7) is 13.9. The molecule has 1 aliphatic rings. The number of rotatable bonds is 5. The zero-order chi connectivity index (χ0) is 29.6. The molecule has 218 valence electrons. The van der Waals surface area contributed by atoms with Gasteiger partial charge in [-0.15, -0.1) is 5.10 Å². The highest BCUT2D eigenvalue weighted by Crippen LogP contribution is 2.36. The quantitative estimate of drug-likeness (QED) is 0.463. The van der Waals surface area contributed by atoms with Gasteiger partial charge in [0.05, 0.1) is 13.3 Å². The molecule has 3 aromatic rings. The van der Waals surface area contributed by atoms with Gasteiger partial charge < -0.3 is 19.1 Å². The lowest BCUT2D eigenvalue weighted by Crippen LogP contribution is -2.37. The number of carbonyl (C=O) groups excluding carboxylic acids is 2. The minimum Gasteiger partial charge on any atom is -0.478 e. The van der Waals surface area contributed by atoms with Gasteiger partial charge in [0.25, 0.3) is 5.88 Å². The van der Waals surface area contributed by atoms with E-state index in [0.29, 0.717) is 43.1 Å². The Kier molecular flexibility index (Phi) is 7.61. The Balaban J connectivity index is 1.78. The second-order valence-electron chi connectivity index (χ2n) is 12.1. The molecule has 4 rings (SSSR count). The van der Waals surface area contributed by atoms with Gasteiger partial charge >= 0.3 is 17.9 Å². The molecule has 1 atom stereocenters. The number of imidazole rings is 1. The van der Waals surface area contributed by atoms with E-state index in [1.807, 2.05) is 20.8 Å². The summed E-state index contributed by atoms with van der Waals surface area (Å²) >= 11 is 0. The third kappa shape index (κ3) is 6.07. The first-order valence-corrected chi connectivity index (χ1v) is 13.2. The highest BCUT2D eigenvalue weighted by Gasteiger charge is 2.34. The van der Waals surface area contributed by atoms with Crippen molar-refractivity contribution in [1.29, 1.82) is 0 Å². The summed E-state index contributed by atoms with van der Waals surface area (Å²) in [5, 5.41) is 4.31. The molecule has 1 unspecified atom stereocenters. The van der Waals surface area contributed by atoms with Crippen LogP contribution in [0.3, 0.4) is 0 Å². The van der Waals surface area contributed by atoms with Crippen LogP contribution in [-0.2, 0) is 23.1 Å². The monoisotopic (exact) mass is 557 g/mol. The van der Waals surface area contributed by atoms with Crippen LogP contribution < -0.4 is 15.3 Å². The first-order chi connectivity index (χ1) is 18.6. The third-order valence-electron chi connectivity index (χ3n) is 6.30. The predicted octanol–water partition coefficient (Wildman–Crippen LogP) is 3.88. The molecule has 0 bridgehead atoms. The normalized spacial score (nSPS) is 15.9. The first-order valence-electron chi connectivity index (χ1n) is 13.2. The number of carbonyl (C=O) groups is 2. The van der Waals surface area contributed by atoms with Crippen LogP contribution in [0.2, 0.25) is 0 Å². The molecule has 0 radical (unpaired) electrons. The highest BCUT2D eigenvalue weighted by molar-refractivity contribution is 6.00. The maximum Gasteiger partial charge on any atom is 0.419 e. The molecule has 0 N–H and O–H groups in total. The Hall–Kier alpha value is -4.03. The number of ether oxygens (including phenoxy) is 3. The van der Waals surface area contributed by atoms with Gasteiger partial charge in [0.2, 0.25) is 0 Å². The molecule has 1 fully saturated rings. The number of fused-ring (bicyclic) bond motifs is 1. The van der Waals surface area contributed by atoms with Crippen molar-refractivity contribution in [1.82, 2.24) is 28.6 Å². The number of likely N-dealkylation sites (tertiary alicyclic amines) is 1. The minimum absolute atomic E-state index is 0.00208. The Morgan fingerprint density at radius 1 is 1.07 bits per heavy atom. The maximum absolute atomic E-state index is 13.7. The zero-order valence-corrected chi connectivity index (χ0v) is 24.7. The van der Waals surface area contributed by atoms with Crippen LogP contribution in [-0.4, -0.2) is 72.2 Å². The fraction of sp³-hybridized carbons (Fsp3) is 0.593. The number of nitrogens with zero attached hydrogens (tertiary/aromatic N) is 7. The molecular weight excluding hydrogens is 518 g/mol. The number of aryl methyl sites for hydroxylation is 2. The van der Waals surface area contributed by atoms with Gasteiger partial charge in [-0.3, -0.25) is 9.25 Å². The van der Waals surface area contributed by atoms with Crippen molar-refractivity contribution < 1.29 is 23.8 Å². The summed E-state index contributed by atoms with van der Waals surface area (Å²) in [5.41, 5.74) is -0.123. The lowest BCUT2D eigenvalue weighted by molar-refractivity contribution is 0.0286. The Bertz CT molecular complexity index is 1470. The molecule has 13 nitrogen and oxygen atoms in total. The van der Waals surface area contributed by atoms with Crippen molar-refractivity contribution in [3.63, 3.8) is 0 Å². The van der Waals surface area contributed by atoms with Crippen molar-refractivity contribution >= 4 is 29.2 Å². The first kappa shape index (κ1) is 29.0. The second kappa shape index (κ2) is 10.5. The van der Waals surface area contributed by atoms with Crippen molar-refractivity contribution in [2.24, 2.45) is 13.0 Å². The van der Waals surface area contributed by atoms with Gasteiger partial charge in [0.1, 0.15) is 22.6 Å². The largest absolute Gasteiger partial charge is 0.478 e. The van der Waals surface area contributed by atoms with E-state index in [1.54, 1.807) is 62.8 Å². The van der Waals surface area contributed by atoms with Crippen LogP contribution in [0.25, 0.3) is 5.65 Å². The summed E-state index contributed by atoms with van der Waals surface area (Å²) < 4.78 is 21.3. The summed E-state index contributed by atoms with van der Waals surface area (Å²) in [5.74, 6) is 0.207. The number of hydrogen-bond donors (Lipinski definition) is 0. The lowest BCUT2D eigenvalue weighted by atomic mass is 10.1. The van der Waals surface area contributed by atoms with Crippen LogP contribution in [0.4, 0.5) is 21.0 Å². The molecule has 4 heterocycles. The summed E-state index contributed by atoms with van der Waals surface area (Å²) in [6, 6.07) is 0. The van der Waals surface area contributed by atoms with Crippen LogP contribution >= 0.6 is 0 Å². The topological polar surface area (TPSA) is 125 Å². The van der Waals surface area contributed by atoms with Crippen molar-refractivity contribution in [3.05, 3.63) is 34.8 Å². The van der Waals surface area contributed by atoms with E-state index in [2.05, 4.69) is 10.1 Å². The number of aromatic nitrogens is 5. The van der Waals surface area contributed by atoms with Crippen molar-refractivity contribution in [2.45, 2.75) is 72.6 Å². The molecule has 0 spiro atoms. The average Bonchev–Trinajstić information content (AvgIpc) is 3.53. The number of methoxy groups -OCH3 is 1. The van der Waals surface area contributed by atoms with E-state index in [1.165, 1.54) is 21.1 Å². The van der Waals surface area contributed by atoms with Gasteiger partial charge in [0, 0.05) is 44.8 Å². The van der Waals surface area contributed by atoms with Gasteiger partial charge in [-0.25, -0.2) is 28.7 Å². The van der Waals surface area contributed by atoms with Crippen molar-refractivity contribution in [2.75, 3.05) is 25.1 Å². The second-order valence-corrected chi connectivity index (χ2v) is 12.1. The predicted molar refractivity (Wildman–Crippen MR) is 148 cm³/mol. The lowest BCUT2D eigenvalue weighted by Gasteiger charge is -2.27. The molecular formula is C27H39N7O6. The molecule has 40 heavy (non-hydrogen) atoms. The molecule has 13 heteroatoms. The van der Waals surface area contributed by atoms with E-state index in [-0.39, 0.29) is 29.2 Å². The number of amides is 2. The number of hydrogen-bond acceptors (Lipinski definition) is 8. The van der Waals surface area contributed by atoms with E-state index in [0.717, 1.165) is 0 Å². The Labute approximate surface area is 233 Å². The Morgan fingerprint density at radius 3 is 2.38 bits per heavy atom. The Morgan fingerprint density at radius 2 is 1.75 bits per heavy atom. The number of anilines is 2. The molecule has 3 aromatic heterocycles. The molecule has 0 aromatic carbocycles. The molecule has 0 aliphatic carbocycles. The van der Waals surface area contributed by atoms with Crippen LogP contribution in [0.5, 0.6) is 5.88 Å². The molecule has 1 aliphatic heterocycles. The highest BCUT2D eigenvalue weighted by atomic mass is 16.6. The smallest absolute Gasteiger partial charge is 0.419 e. The summed E-state index contributed by atoms with van der Waals surface area (Å²) in [6.07, 6.45) is 4.48. The van der Waals surface area contributed by atoms with Gasteiger partial charge in [-0.2, -0.15) is 0 Å². The van der Waals surface area contributed by atoms with Gasteiger partial charge in [-0.05, 0) is 60.8 Å². The molecule has 0 saturated carbocycles. The van der Waals surface area contributed by atoms with Crippen LogP contribution in [0.15, 0.2) is 23.4 Å². The molecule has 2 amide bonds. The van der Waals surface area contributed by atoms with E-state index in [4.69, 9.17) is 14.2 Å². The van der Waals surface area contributed by atoms with E-state index in [9.17, 15) is 14.4 Å². The minimum atomic E-state index is -0.796. The van der Waals surface area contributed by atoms with Gasteiger partial charge in [0.15, 0.2) is 5.65 Å².